The predicted molar refractivity (Wildman–Crippen MR) is 132 cm³/mol. The molecule has 1 N–H and O–H groups in total. The zero-order valence-corrected chi connectivity index (χ0v) is 19.1. The average molecular weight is 446 g/mol. The van der Waals surface area contributed by atoms with E-state index in [0.29, 0.717) is 0 Å². The normalized spacial score (nSPS) is 12.4. The number of benzene rings is 3. The van der Waals surface area contributed by atoms with Crippen molar-refractivity contribution in [1.82, 2.24) is 4.72 Å². The van der Waals surface area contributed by atoms with Gasteiger partial charge in [0.15, 0.2) is 0 Å². The van der Waals surface area contributed by atoms with Gasteiger partial charge in [-0.15, -0.1) is 0 Å². The summed E-state index contributed by atoms with van der Waals surface area (Å²) in [6.07, 6.45) is 3.72. The first-order valence-electron chi connectivity index (χ1n) is 10.6. The zero-order valence-electron chi connectivity index (χ0n) is 18.3. The summed E-state index contributed by atoms with van der Waals surface area (Å²) in [7, 11) is -3.57. The average Bonchev–Trinajstić information content (AvgIpc) is 2.82. The molecule has 0 aliphatic carbocycles. The topological polar surface area (TPSA) is 63.2 Å². The summed E-state index contributed by atoms with van der Waals surface area (Å²) >= 11 is 0. The van der Waals surface area contributed by atoms with Crippen LogP contribution >= 0.6 is 0 Å². The Balaban J connectivity index is 1.96. The molecule has 4 nitrogen and oxygen atoms in total. The van der Waals surface area contributed by atoms with E-state index < -0.39 is 15.9 Å². The lowest BCUT2D eigenvalue weighted by molar-refractivity contribution is -0.114. The fourth-order valence-corrected chi connectivity index (χ4v) is 4.00. The van der Waals surface area contributed by atoms with Gasteiger partial charge in [0.05, 0.1) is 5.75 Å². The first-order valence-corrected chi connectivity index (χ1v) is 12.3. The number of carbonyl (C=O) groups is 1. The Morgan fingerprint density at radius 1 is 0.781 bits per heavy atom. The maximum absolute atomic E-state index is 11.9. The summed E-state index contributed by atoms with van der Waals surface area (Å²) < 4.78 is 25.0. The molecule has 0 saturated carbocycles. The van der Waals surface area contributed by atoms with E-state index in [4.69, 9.17) is 0 Å². The van der Waals surface area contributed by atoms with Crippen LogP contribution in [0.15, 0.2) is 91.0 Å². The van der Waals surface area contributed by atoms with Gasteiger partial charge in [-0.1, -0.05) is 91.9 Å². The lowest BCUT2D eigenvalue weighted by atomic mass is 9.88. The number of amides is 1. The maximum atomic E-state index is 11.9. The summed E-state index contributed by atoms with van der Waals surface area (Å²) in [6.45, 7) is 3.64. The van der Waals surface area contributed by atoms with Crippen LogP contribution in [0.25, 0.3) is 17.2 Å². The molecule has 0 radical (unpaired) electrons. The number of hydrogen-bond acceptors (Lipinski definition) is 3. The van der Waals surface area contributed by atoms with E-state index in [1.807, 2.05) is 65.4 Å². The van der Waals surface area contributed by atoms with Gasteiger partial charge in [0.1, 0.15) is 0 Å². The Hall–Kier alpha value is -3.44. The minimum absolute atomic E-state index is 0.142. The van der Waals surface area contributed by atoms with Crippen molar-refractivity contribution in [1.29, 1.82) is 0 Å². The molecule has 0 unspecified atom stereocenters. The Morgan fingerprint density at radius 3 is 1.84 bits per heavy atom. The van der Waals surface area contributed by atoms with E-state index in [0.717, 1.165) is 23.1 Å². The molecule has 0 bridgehead atoms. The summed E-state index contributed by atoms with van der Waals surface area (Å²) in [6, 6.07) is 28.6. The first-order chi connectivity index (χ1) is 15.4. The highest BCUT2D eigenvalue weighted by Gasteiger charge is 2.13. The fourth-order valence-electron chi connectivity index (χ4n) is 3.48. The molecule has 0 spiro atoms. The van der Waals surface area contributed by atoms with Crippen molar-refractivity contribution >= 4 is 33.2 Å². The van der Waals surface area contributed by atoms with Crippen LogP contribution in [-0.2, 0) is 14.8 Å². The van der Waals surface area contributed by atoms with Gasteiger partial charge in [-0.3, -0.25) is 4.79 Å². The van der Waals surface area contributed by atoms with E-state index in [1.54, 1.807) is 6.08 Å². The van der Waals surface area contributed by atoms with Crippen molar-refractivity contribution in [2.24, 2.45) is 0 Å². The highest BCUT2D eigenvalue weighted by Crippen LogP contribution is 2.34. The number of sulfonamides is 1. The molecule has 3 aromatic rings. The standard InChI is InChI=1S/C27H27NO3S/c1-3-25(22-11-7-5-8-12-22)27(23-13-9-6-10-14-23)24-18-15-21(16-19-24)17-20-26(29)28-32(30,31)4-2/h5-20H,3-4H2,1-2H3,(H,28,29)/b20-17+,27-25-. The van der Waals surface area contributed by atoms with E-state index in [-0.39, 0.29) is 5.75 Å². The third-order valence-corrected chi connectivity index (χ3v) is 6.37. The van der Waals surface area contributed by atoms with Crippen molar-refractivity contribution in [3.63, 3.8) is 0 Å². The van der Waals surface area contributed by atoms with Crippen molar-refractivity contribution in [2.75, 3.05) is 5.75 Å². The molecule has 32 heavy (non-hydrogen) atoms. The number of allylic oxidation sites excluding steroid dienone is 1. The second-order valence-corrected chi connectivity index (χ2v) is 9.28. The van der Waals surface area contributed by atoms with Gasteiger partial charge in [0, 0.05) is 6.08 Å². The molecule has 3 aromatic carbocycles. The Labute approximate surface area is 190 Å². The number of carbonyl (C=O) groups excluding carboxylic acids is 1. The van der Waals surface area contributed by atoms with Crippen molar-refractivity contribution in [3.05, 3.63) is 113 Å². The van der Waals surface area contributed by atoms with Crippen LogP contribution in [-0.4, -0.2) is 20.1 Å². The first kappa shape index (κ1) is 23.2. The minimum atomic E-state index is -3.57. The third kappa shape index (κ3) is 6.05. The Bertz CT molecular complexity index is 1210. The van der Waals surface area contributed by atoms with Gasteiger partial charge in [0.25, 0.3) is 5.91 Å². The van der Waals surface area contributed by atoms with Crippen LogP contribution < -0.4 is 4.72 Å². The van der Waals surface area contributed by atoms with Gasteiger partial charge < -0.3 is 0 Å². The second kappa shape index (κ2) is 10.7. The largest absolute Gasteiger partial charge is 0.269 e. The van der Waals surface area contributed by atoms with Crippen LogP contribution in [0.2, 0.25) is 0 Å². The van der Waals surface area contributed by atoms with Crippen molar-refractivity contribution in [2.45, 2.75) is 20.3 Å². The molecule has 0 aromatic heterocycles. The highest BCUT2D eigenvalue weighted by molar-refractivity contribution is 7.90. The van der Waals surface area contributed by atoms with Crippen LogP contribution in [0.4, 0.5) is 0 Å². The van der Waals surface area contributed by atoms with Crippen molar-refractivity contribution < 1.29 is 13.2 Å². The van der Waals surface area contributed by atoms with Gasteiger partial charge in [0.2, 0.25) is 10.0 Å². The molecule has 0 aliphatic heterocycles. The van der Waals surface area contributed by atoms with E-state index in [1.165, 1.54) is 29.7 Å². The molecule has 5 heteroatoms. The van der Waals surface area contributed by atoms with Crippen LogP contribution in [0.5, 0.6) is 0 Å². The van der Waals surface area contributed by atoms with Crippen LogP contribution in [0.3, 0.4) is 0 Å². The Morgan fingerprint density at radius 2 is 1.31 bits per heavy atom. The summed E-state index contributed by atoms with van der Waals surface area (Å²) in [5.74, 6) is -0.796. The van der Waals surface area contributed by atoms with Gasteiger partial charge >= 0.3 is 0 Å². The molecular formula is C27H27NO3S. The van der Waals surface area contributed by atoms with Gasteiger partial charge in [-0.05, 0) is 52.8 Å². The monoisotopic (exact) mass is 445 g/mol. The SMILES string of the molecule is CC/C(=C(\c1ccccc1)c1ccc(/C=C/C(=O)NS(=O)(=O)CC)cc1)c1ccccc1. The molecule has 3 rings (SSSR count). The molecule has 0 saturated heterocycles. The van der Waals surface area contributed by atoms with Crippen LogP contribution in [0, 0.1) is 0 Å². The minimum Gasteiger partial charge on any atom is -0.269 e. The number of nitrogens with one attached hydrogen (secondary N) is 1. The molecule has 0 fully saturated rings. The predicted octanol–water partition coefficient (Wildman–Crippen LogP) is 5.53. The van der Waals surface area contributed by atoms with E-state index in [9.17, 15) is 13.2 Å². The fraction of sp³-hybridized carbons (Fsp3) is 0.148. The quantitative estimate of drug-likeness (QED) is 0.366. The maximum Gasteiger partial charge on any atom is 0.257 e. The van der Waals surface area contributed by atoms with Crippen molar-refractivity contribution in [3.8, 4) is 0 Å². The zero-order chi connectivity index (χ0) is 23.0. The van der Waals surface area contributed by atoms with E-state index in [2.05, 4.69) is 31.2 Å². The molecular weight excluding hydrogens is 418 g/mol. The lowest BCUT2D eigenvalue weighted by Crippen LogP contribution is -2.30. The molecule has 0 atom stereocenters. The Kier molecular flexibility index (Phi) is 7.79. The number of hydrogen-bond donors (Lipinski definition) is 1. The smallest absolute Gasteiger partial charge is 0.257 e. The van der Waals surface area contributed by atoms with Gasteiger partial charge in [-0.2, -0.15) is 0 Å². The van der Waals surface area contributed by atoms with E-state index >= 15 is 0 Å². The summed E-state index contributed by atoms with van der Waals surface area (Å²) in [4.78, 5) is 11.9. The third-order valence-electron chi connectivity index (χ3n) is 5.10. The molecule has 0 aliphatic rings. The molecule has 164 valence electrons. The second-order valence-electron chi connectivity index (χ2n) is 7.26. The summed E-state index contributed by atoms with van der Waals surface area (Å²) in [5, 5.41) is 0. The lowest BCUT2D eigenvalue weighted by Gasteiger charge is -2.16. The molecule has 1 amide bonds. The molecule has 0 heterocycles. The van der Waals surface area contributed by atoms with Gasteiger partial charge in [-0.25, -0.2) is 13.1 Å². The summed E-state index contributed by atoms with van der Waals surface area (Å²) in [5.41, 5.74) is 6.63. The number of rotatable bonds is 8. The van der Waals surface area contributed by atoms with Crippen LogP contribution in [0.1, 0.15) is 42.5 Å². The highest BCUT2D eigenvalue weighted by atomic mass is 32.2.